The standard InChI is InChI=1S/C13H17N3/c1-16-9-11(12-8-14-6-7-15-12)10-4-2-3-5-13(10)16/h2-5,9,12,14-15H,6-8H2,1H3/t12-/m1/s1. The summed E-state index contributed by atoms with van der Waals surface area (Å²) in [6.45, 7) is 3.14. The van der Waals surface area contributed by atoms with Gasteiger partial charge >= 0.3 is 0 Å². The number of aromatic nitrogens is 1. The molecule has 1 aliphatic heterocycles. The van der Waals surface area contributed by atoms with Crippen molar-refractivity contribution in [2.45, 2.75) is 6.04 Å². The van der Waals surface area contributed by atoms with Gasteiger partial charge in [0.1, 0.15) is 0 Å². The number of nitrogens with zero attached hydrogens (tertiary/aromatic N) is 1. The van der Waals surface area contributed by atoms with Crippen LogP contribution in [0.4, 0.5) is 0 Å². The van der Waals surface area contributed by atoms with Gasteiger partial charge < -0.3 is 15.2 Å². The van der Waals surface area contributed by atoms with Gasteiger partial charge in [-0.25, -0.2) is 0 Å². The number of rotatable bonds is 1. The molecule has 1 saturated heterocycles. The number of benzene rings is 1. The minimum Gasteiger partial charge on any atom is -0.350 e. The highest BCUT2D eigenvalue weighted by molar-refractivity contribution is 5.84. The zero-order valence-corrected chi connectivity index (χ0v) is 9.53. The Labute approximate surface area is 95.5 Å². The Morgan fingerprint density at radius 2 is 2.12 bits per heavy atom. The fraction of sp³-hybridized carbons (Fsp3) is 0.385. The summed E-state index contributed by atoms with van der Waals surface area (Å²) in [5, 5.41) is 8.37. The predicted molar refractivity (Wildman–Crippen MR) is 66.5 cm³/mol. The zero-order valence-electron chi connectivity index (χ0n) is 9.53. The van der Waals surface area contributed by atoms with Crippen molar-refractivity contribution in [2.24, 2.45) is 7.05 Å². The molecule has 1 aliphatic rings. The first-order valence-corrected chi connectivity index (χ1v) is 5.84. The van der Waals surface area contributed by atoms with E-state index in [0.717, 1.165) is 19.6 Å². The van der Waals surface area contributed by atoms with Gasteiger partial charge in [-0.05, 0) is 11.6 Å². The van der Waals surface area contributed by atoms with Crippen molar-refractivity contribution in [3.63, 3.8) is 0 Å². The quantitative estimate of drug-likeness (QED) is 0.753. The Kier molecular flexibility index (Phi) is 2.42. The molecule has 0 aliphatic carbocycles. The number of para-hydroxylation sites is 1. The maximum Gasteiger partial charge on any atom is 0.0481 e. The number of aryl methyl sites for hydroxylation is 1. The highest BCUT2D eigenvalue weighted by Gasteiger charge is 2.18. The van der Waals surface area contributed by atoms with E-state index in [4.69, 9.17) is 0 Å². The summed E-state index contributed by atoms with van der Waals surface area (Å²) in [5.74, 6) is 0. The van der Waals surface area contributed by atoms with Crippen molar-refractivity contribution in [3.8, 4) is 0 Å². The maximum absolute atomic E-state index is 3.57. The van der Waals surface area contributed by atoms with Crippen LogP contribution in [0.15, 0.2) is 30.5 Å². The Hall–Kier alpha value is -1.32. The third-order valence-electron chi connectivity index (χ3n) is 3.34. The summed E-state index contributed by atoms with van der Waals surface area (Å²) in [6, 6.07) is 9.04. The molecule has 1 aromatic heterocycles. The highest BCUT2D eigenvalue weighted by atomic mass is 15.1. The first-order chi connectivity index (χ1) is 7.86. The molecule has 3 nitrogen and oxygen atoms in total. The van der Waals surface area contributed by atoms with Crippen LogP contribution in [0.2, 0.25) is 0 Å². The molecule has 0 bridgehead atoms. The molecule has 2 heterocycles. The molecular weight excluding hydrogens is 198 g/mol. The number of hydrogen-bond acceptors (Lipinski definition) is 2. The highest BCUT2D eigenvalue weighted by Crippen LogP contribution is 2.26. The number of piperazine rings is 1. The second-order valence-electron chi connectivity index (χ2n) is 4.42. The largest absolute Gasteiger partial charge is 0.350 e. The molecule has 3 heteroatoms. The van der Waals surface area contributed by atoms with Crippen LogP contribution in [0.3, 0.4) is 0 Å². The van der Waals surface area contributed by atoms with Crippen LogP contribution in [-0.2, 0) is 7.05 Å². The summed E-state index contributed by atoms with van der Waals surface area (Å²) in [5.41, 5.74) is 2.72. The Morgan fingerprint density at radius 3 is 2.94 bits per heavy atom. The monoisotopic (exact) mass is 215 g/mol. The van der Waals surface area contributed by atoms with Gasteiger partial charge in [0.25, 0.3) is 0 Å². The lowest BCUT2D eigenvalue weighted by atomic mass is 10.0. The van der Waals surface area contributed by atoms with Crippen molar-refractivity contribution >= 4 is 10.9 Å². The van der Waals surface area contributed by atoms with Gasteiger partial charge in [-0.2, -0.15) is 0 Å². The van der Waals surface area contributed by atoms with E-state index in [1.54, 1.807) is 0 Å². The molecule has 2 aromatic rings. The molecule has 1 atom stereocenters. The van der Waals surface area contributed by atoms with Gasteiger partial charge in [0, 0.05) is 49.8 Å². The molecule has 0 radical (unpaired) electrons. The number of nitrogens with one attached hydrogen (secondary N) is 2. The van der Waals surface area contributed by atoms with Crippen molar-refractivity contribution in [1.82, 2.24) is 15.2 Å². The van der Waals surface area contributed by atoms with E-state index in [0.29, 0.717) is 6.04 Å². The summed E-state index contributed by atoms with van der Waals surface area (Å²) in [6.07, 6.45) is 2.25. The van der Waals surface area contributed by atoms with Crippen LogP contribution in [0.5, 0.6) is 0 Å². The topological polar surface area (TPSA) is 29.0 Å². The van der Waals surface area contributed by atoms with E-state index >= 15 is 0 Å². The molecule has 0 amide bonds. The van der Waals surface area contributed by atoms with Crippen LogP contribution >= 0.6 is 0 Å². The molecular formula is C13H17N3. The second kappa shape index (κ2) is 3.92. The van der Waals surface area contributed by atoms with E-state index in [-0.39, 0.29) is 0 Å². The minimum atomic E-state index is 0.444. The van der Waals surface area contributed by atoms with Gasteiger partial charge in [-0.15, -0.1) is 0 Å². The van der Waals surface area contributed by atoms with Crippen LogP contribution in [0, 0.1) is 0 Å². The van der Waals surface area contributed by atoms with E-state index in [2.05, 4.69) is 52.7 Å². The molecule has 0 spiro atoms. The second-order valence-corrected chi connectivity index (χ2v) is 4.42. The number of hydrogen-bond donors (Lipinski definition) is 2. The first-order valence-electron chi connectivity index (χ1n) is 5.84. The predicted octanol–water partition coefficient (Wildman–Crippen LogP) is 1.41. The average Bonchev–Trinajstić information content (AvgIpc) is 2.69. The fourth-order valence-electron chi connectivity index (χ4n) is 2.52. The molecule has 3 rings (SSSR count). The van der Waals surface area contributed by atoms with Crippen LogP contribution in [0.1, 0.15) is 11.6 Å². The smallest absolute Gasteiger partial charge is 0.0481 e. The first kappa shape index (κ1) is 9.87. The SMILES string of the molecule is Cn1cc([C@H]2CNCCN2)c2ccccc21. The average molecular weight is 215 g/mol. The third kappa shape index (κ3) is 1.52. The van der Waals surface area contributed by atoms with E-state index in [9.17, 15) is 0 Å². The Bertz CT molecular complexity index is 495. The van der Waals surface area contributed by atoms with E-state index < -0.39 is 0 Å². The molecule has 0 unspecified atom stereocenters. The number of fused-ring (bicyclic) bond motifs is 1. The zero-order chi connectivity index (χ0) is 11.0. The lowest BCUT2D eigenvalue weighted by Gasteiger charge is -2.24. The minimum absolute atomic E-state index is 0.444. The Morgan fingerprint density at radius 1 is 1.25 bits per heavy atom. The molecule has 84 valence electrons. The molecule has 0 saturated carbocycles. The molecule has 16 heavy (non-hydrogen) atoms. The van der Waals surface area contributed by atoms with Gasteiger partial charge in [0.05, 0.1) is 0 Å². The fourth-order valence-corrected chi connectivity index (χ4v) is 2.52. The Balaban J connectivity index is 2.08. The van der Waals surface area contributed by atoms with Crippen molar-refractivity contribution in [1.29, 1.82) is 0 Å². The van der Waals surface area contributed by atoms with Gasteiger partial charge in [-0.3, -0.25) is 0 Å². The maximum atomic E-state index is 3.57. The lowest BCUT2D eigenvalue weighted by molar-refractivity contribution is 0.431. The van der Waals surface area contributed by atoms with Crippen LogP contribution in [-0.4, -0.2) is 24.2 Å². The summed E-state index contributed by atoms with van der Waals surface area (Å²) in [7, 11) is 2.11. The normalized spacial score (nSPS) is 21.4. The van der Waals surface area contributed by atoms with E-state index in [1.807, 2.05) is 0 Å². The summed E-state index contributed by atoms with van der Waals surface area (Å²) >= 11 is 0. The van der Waals surface area contributed by atoms with E-state index in [1.165, 1.54) is 16.5 Å². The van der Waals surface area contributed by atoms with Crippen LogP contribution in [0.25, 0.3) is 10.9 Å². The van der Waals surface area contributed by atoms with Gasteiger partial charge in [-0.1, -0.05) is 18.2 Å². The summed E-state index contributed by atoms with van der Waals surface area (Å²) < 4.78 is 2.21. The van der Waals surface area contributed by atoms with Gasteiger partial charge in [0.15, 0.2) is 0 Å². The molecule has 1 fully saturated rings. The summed E-state index contributed by atoms with van der Waals surface area (Å²) in [4.78, 5) is 0. The van der Waals surface area contributed by atoms with Crippen LogP contribution < -0.4 is 10.6 Å². The van der Waals surface area contributed by atoms with Crippen molar-refractivity contribution in [2.75, 3.05) is 19.6 Å². The third-order valence-corrected chi connectivity index (χ3v) is 3.34. The molecule has 1 aromatic carbocycles. The van der Waals surface area contributed by atoms with Crippen molar-refractivity contribution < 1.29 is 0 Å². The lowest BCUT2D eigenvalue weighted by Crippen LogP contribution is -2.42. The molecule has 2 N–H and O–H groups in total. The van der Waals surface area contributed by atoms with Gasteiger partial charge in [0.2, 0.25) is 0 Å². The van der Waals surface area contributed by atoms with Crippen molar-refractivity contribution in [3.05, 3.63) is 36.0 Å².